The van der Waals surface area contributed by atoms with Gasteiger partial charge in [0.2, 0.25) is 0 Å². The Hall–Kier alpha value is -3.25. The van der Waals surface area contributed by atoms with Gasteiger partial charge in [-0.15, -0.1) is 0 Å². The average Bonchev–Trinajstić information content (AvgIpc) is 2.93. The zero-order valence-corrected chi connectivity index (χ0v) is 21.9. The van der Waals surface area contributed by atoms with Crippen molar-refractivity contribution < 1.29 is 17.0 Å². The Morgan fingerprint density at radius 3 is 1.37 bits per heavy atom. The second-order valence-corrected chi connectivity index (χ2v) is 12.3. The van der Waals surface area contributed by atoms with Crippen LogP contribution in [-0.2, 0) is 6.16 Å². The Labute approximate surface area is 218 Å². The molecule has 35 heavy (non-hydrogen) atoms. The van der Waals surface area contributed by atoms with Crippen LogP contribution >= 0.6 is 7.26 Å². The van der Waals surface area contributed by atoms with E-state index in [1.165, 1.54) is 43.0 Å². The van der Waals surface area contributed by atoms with E-state index in [9.17, 15) is 0 Å². The predicted octanol–water partition coefficient (Wildman–Crippen LogP) is 4.49. The summed E-state index contributed by atoms with van der Waals surface area (Å²) >= 11 is 0. The smallest absolute Gasteiger partial charge is 0.116 e. The minimum absolute atomic E-state index is 0. The third-order valence-electron chi connectivity index (χ3n) is 6.82. The van der Waals surface area contributed by atoms with E-state index in [4.69, 9.17) is 0 Å². The second-order valence-electron chi connectivity index (χ2n) is 8.82. The minimum Gasteiger partial charge on any atom is -1.00 e. The quantitative estimate of drug-likeness (QED) is 0.226. The zero-order chi connectivity index (χ0) is 22.8. The molecule has 0 nitrogen and oxygen atoms in total. The molecule has 0 aliphatic heterocycles. The van der Waals surface area contributed by atoms with Crippen molar-refractivity contribution in [3.05, 3.63) is 151 Å². The van der Waals surface area contributed by atoms with Gasteiger partial charge >= 0.3 is 0 Å². The molecule has 0 saturated carbocycles. The summed E-state index contributed by atoms with van der Waals surface area (Å²) in [5.74, 6) is 0. The van der Waals surface area contributed by atoms with Crippen molar-refractivity contribution in [2.75, 3.05) is 0 Å². The van der Waals surface area contributed by atoms with Crippen LogP contribution in [0.2, 0.25) is 0 Å². The number of hydrogen-bond donors (Lipinski definition) is 0. The fourth-order valence-electron chi connectivity index (χ4n) is 5.19. The van der Waals surface area contributed by atoms with E-state index >= 15 is 0 Å². The van der Waals surface area contributed by atoms with Crippen molar-refractivity contribution in [1.29, 1.82) is 0 Å². The van der Waals surface area contributed by atoms with E-state index in [-0.39, 0.29) is 17.0 Å². The molecule has 0 radical (unpaired) electrons. The lowest BCUT2D eigenvalue weighted by molar-refractivity contribution is -0.00000643. The van der Waals surface area contributed by atoms with Crippen molar-refractivity contribution in [2.45, 2.75) is 6.16 Å². The summed E-state index contributed by atoms with van der Waals surface area (Å²) in [6, 6.07) is 53.7. The first-order chi connectivity index (χ1) is 16.8. The Morgan fingerprint density at radius 2 is 0.829 bits per heavy atom. The molecule has 6 aromatic carbocycles. The van der Waals surface area contributed by atoms with Crippen LogP contribution in [0.25, 0.3) is 21.5 Å². The topological polar surface area (TPSA) is 0 Å². The van der Waals surface area contributed by atoms with Gasteiger partial charge in [-0.3, -0.25) is 0 Å². The van der Waals surface area contributed by atoms with Gasteiger partial charge in [0, 0.05) is 0 Å². The molecule has 2 heteroatoms. The lowest BCUT2D eigenvalue weighted by atomic mass is 10.0. The van der Waals surface area contributed by atoms with Gasteiger partial charge in [0.25, 0.3) is 0 Å². The van der Waals surface area contributed by atoms with Gasteiger partial charge in [-0.05, 0) is 69.6 Å². The summed E-state index contributed by atoms with van der Waals surface area (Å²) in [4.78, 5) is 0. The van der Waals surface area contributed by atoms with E-state index in [0.29, 0.717) is 0 Å². The molecule has 0 aliphatic rings. The first kappa shape index (κ1) is 23.5. The molecule has 0 N–H and O–H groups in total. The number of benzene rings is 6. The summed E-state index contributed by atoms with van der Waals surface area (Å²) in [6.45, 7) is 0. The normalized spacial score (nSPS) is 11.3. The molecule has 0 aromatic heterocycles. The first-order valence-corrected chi connectivity index (χ1v) is 13.8. The molecule has 0 spiro atoms. The third kappa shape index (κ3) is 4.31. The van der Waals surface area contributed by atoms with Crippen molar-refractivity contribution in [1.82, 2.24) is 0 Å². The summed E-state index contributed by atoms with van der Waals surface area (Å²) in [7, 11) is -1.91. The van der Waals surface area contributed by atoms with Gasteiger partial charge in [-0.1, -0.05) is 103 Å². The summed E-state index contributed by atoms with van der Waals surface area (Å²) in [5, 5.41) is 9.52. The molecular formula is C33H26BrP. The van der Waals surface area contributed by atoms with E-state index in [1.807, 2.05) is 0 Å². The van der Waals surface area contributed by atoms with Crippen LogP contribution < -0.4 is 32.9 Å². The molecule has 6 rings (SSSR count). The highest BCUT2D eigenvalue weighted by molar-refractivity contribution is 7.95. The highest BCUT2D eigenvalue weighted by Gasteiger charge is 2.45. The Balaban J connectivity index is 0.00000253. The molecule has 0 aliphatic carbocycles. The molecule has 0 heterocycles. The predicted molar refractivity (Wildman–Crippen MR) is 150 cm³/mol. The lowest BCUT2D eigenvalue weighted by Gasteiger charge is -2.28. The molecule has 6 aromatic rings. The van der Waals surface area contributed by atoms with Crippen molar-refractivity contribution in [2.24, 2.45) is 0 Å². The van der Waals surface area contributed by atoms with Gasteiger partial charge < -0.3 is 17.0 Å². The van der Waals surface area contributed by atoms with Crippen LogP contribution in [0.4, 0.5) is 0 Å². The molecule has 0 atom stereocenters. The highest BCUT2D eigenvalue weighted by atomic mass is 79.9. The van der Waals surface area contributed by atoms with E-state index in [0.717, 1.165) is 6.16 Å². The molecule has 0 saturated heterocycles. The number of halogens is 1. The summed E-state index contributed by atoms with van der Waals surface area (Å²) in [6.07, 6.45) is 0.990. The second kappa shape index (κ2) is 10.2. The van der Waals surface area contributed by atoms with Crippen LogP contribution in [0.5, 0.6) is 0 Å². The van der Waals surface area contributed by atoms with Crippen molar-refractivity contribution >= 4 is 44.7 Å². The van der Waals surface area contributed by atoms with Crippen LogP contribution in [0.15, 0.2) is 146 Å². The van der Waals surface area contributed by atoms with Gasteiger partial charge in [0.05, 0.1) is 6.16 Å². The molecular weight excluding hydrogens is 507 g/mol. The molecule has 0 unspecified atom stereocenters. The van der Waals surface area contributed by atoms with Gasteiger partial charge in [0.15, 0.2) is 0 Å². The molecule has 0 amide bonds. The number of hydrogen-bond acceptors (Lipinski definition) is 0. The number of rotatable bonds is 5. The molecule has 0 fully saturated rings. The maximum atomic E-state index is 2.43. The molecule has 170 valence electrons. The van der Waals surface area contributed by atoms with E-state index in [1.54, 1.807) is 0 Å². The summed E-state index contributed by atoms with van der Waals surface area (Å²) < 4.78 is 0. The van der Waals surface area contributed by atoms with Crippen LogP contribution in [-0.4, -0.2) is 0 Å². The van der Waals surface area contributed by atoms with Gasteiger partial charge in [0.1, 0.15) is 23.2 Å². The highest BCUT2D eigenvalue weighted by Crippen LogP contribution is 2.58. The monoisotopic (exact) mass is 532 g/mol. The van der Waals surface area contributed by atoms with Crippen molar-refractivity contribution in [3.8, 4) is 0 Å². The van der Waals surface area contributed by atoms with Crippen molar-refractivity contribution in [3.63, 3.8) is 0 Å². The first-order valence-electron chi connectivity index (χ1n) is 11.8. The van der Waals surface area contributed by atoms with E-state index < -0.39 is 7.26 Å². The fourth-order valence-corrected chi connectivity index (χ4v) is 9.42. The lowest BCUT2D eigenvalue weighted by Crippen LogP contribution is -3.00. The third-order valence-corrected chi connectivity index (χ3v) is 11.2. The summed E-state index contributed by atoms with van der Waals surface area (Å²) in [5.41, 5.74) is 1.38. The van der Waals surface area contributed by atoms with Gasteiger partial charge in [-0.25, -0.2) is 0 Å². The van der Waals surface area contributed by atoms with Gasteiger partial charge in [-0.2, -0.15) is 0 Å². The molecule has 0 bridgehead atoms. The Bertz CT molecular complexity index is 1460. The minimum atomic E-state index is -1.91. The maximum absolute atomic E-state index is 2.43. The zero-order valence-electron chi connectivity index (χ0n) is 19.4. The Morgan fingerprint density at radius 1 is 0.400 bits per heavy atom. The largest absolute Gasteiger partial charge is 1.00 e. The van der Waals surface area contributed by atoms with Crippen LogP contribution in [0.3, 0.4) is 0 Å². The Kier molecular flexibility index (Phi) is 6.82. The SMILES string of the molecule is [Br-].c1ccc([P+](Cc2ccc3ccc4ccccc4c3c2)(c2ccccc2)c2ccccc2)cc1. The van der Waals surface area contributed by atoms with Crippen LogP contribution in [0.1, 0.15) is 5.56 Å². The maximum Gasteiger partial charge on any atom is 0.116 e. The van der Waals surface area contributed by atoms with E-state index in [2.05, 4.69) is 146 Å². The standard InChI is InChI=1S/C33H26P.BrH/c1-4-13-29(14-5-1)34(30-15-6-2-7-16-30,31-17-8-3-9-18-31)25-26-20-21-28-23-22-27-12-10-11-19-32(27)33(28)24-26;/h1-24H,25H2;1H/q+1;/p-1. The average molecular weight is 533 g/mol. The fraction of sp³-hybridized carbons (Fsp3) is 0.0303. The van der Waals surface area contributed by atoms with Crippen LogP contribution in [0, 0.1) is 0 Å². The number of fused-ring (bicyclic) bond motifs is 3.